The first-order chi connectivity index (χ1) is 6.03. The first kappa shape index (κ1) is 10.9. The Balaban J connectivity index is 2.16. The maximum atomic E-state index is 10.6. The highest BCUT2D eigenvalue weighted by Gasteiger charge is 2.29. The molecular formula is C8H18N2O2S. The maximum Gasteiger partial charge on any atom is 0.210 e. The smallest absolute Gasteiger partial charge is 0.210 e. The van der Waals surface area contributed by atoms with Gasteiger partial charge in [0.1, 0.15) is 0 Å². The predicted octanol–water partition coefficient (Wildman–Crippen LogP) is 0.0531. The summed E-state index contributed by atoms with van der Waals surface area (Å²) < 4.78 is 21.2. The summed E-state index contributed by atoms with van der Waals surface area (Å²) in [6.45, 7) is 2.60. The highest BCUT2D eigenvalue weighted by Crippen LogP contribution is 2.33. The molecule has 5 heteroatoms. The quantitative estimate of drug-likeness (QED) is 0.645. The Hall–Kier alpha value is -0.130. The third-order valence-electron chi connectivity index (χ3n) is 2.42. The van der Waals surface area contributed by atoms with E-state index in [9.17, 15) is 8.42 Å². The summed E-state index contributed by atoms with van der Waals surface area (Å²) in [5.41, 5.74) is 0. The Kier molecular flexibility index (Phi) is 3.70. The van der Waals surface area contributed by atoms with Crippen LogP contribution >= 0.6 is 0 Å². The average molecular weight is 206 g/mol. The highest BCUT2D eigenvalue weighted by atomic mass is 32.2. The summed E-state index contributed by atoms with van der Waals surface area (Å²) >= 11 is 0. The summed E-state index contributed by atoms with van der Waals surface area (Å²) in [5.74, 6) is 0.807. The van der Waals surface area contributed by atoms with E-state index in [4.69, 9.17) is 5.14 Å². The fraction of sp³-hybridized carbons (Fsp3) is 1.00. The van der Waals surface area contributed by atoms with Gasteiger partial charge in [-0.1, -0.05) is 6.92 Å². The topological polar surface area (TPSA) is 72.2 Å². The Morgan fingerprint density at radius 3 is 2.54 bits per heavy atom. The maximum absolute atomic E-state index is 10.6. The van der Waals surface area contributed by atoms with Crippen LogP contribution in [0.5, 0.6) is 0 Å². The third-order valence-corrected chi connectivity index (χ3v) is 3.20. The molecule has 0 bridgehead atoms. The van der Waals surface area contributed by atoms with Gasteiger partial charge < -0.3 is 5.32 Å². The summed E-state index contributed by atoms with van der Waals surface area (Å²) in [4.78, 5) is 0. The molecule has 1 fully saturated rings. The first-order valence-corrected chi connectivity index (χ1v) is 6.48. The molecule has 1 aliphatic carbocycles. The molecule has 0 heterocycles. The van der Waals surface area contributed by atoms with Crippen LogP contribution in [0, 0.1) is 5.92 Å². The van der Waals surface area contributed by atoms with E-state index in [1.165, 1.54) is 12.8 Å². The molecule has 13 heavy (non-hydrogen) atoms. The van der Waals surface area contributed by atoms with Crippen molar-refractivity contribution in [3.63, 3.8) is 0 Å². The predicted molar refractivity (Wildman–Crippen MR) is 52.8 cm³/mol. The molecule has 0 aliphatic heterocycles. The molecule has 1 atom stereocenters. The van der Waals surface area contributed by atoms with Gasteiger partial charge in [0.2, 0.25) is 10.0 Å². The molecule has 1 rings (SSSR count). The van der Waals surface area contributed by atoms with E-state index in [0.29, 0.717) is 12.6 Å². The second-order valence-corrected chi connectivity index (χ2v) is 5.41. The number of rotatable bonds is 6. The van der Waals surface area contributed by atoms with Crippen LogP contribution in [-0.4, -0.2) is 26.8 Å². The molecule has 0 radical (unpaired) electrons. The van der Waals surface area contributed by atoms with Crippen LogP contribution < -0.4 is 10.5 Å². The average Bonchev–Trinajstić information content (AvgIpc) is 2.78. The van der Waals surface area contributed by atoms with Gasteiger partial charge in [-0.05, 0) is 25.2 Å². The summed E-state index contributed by atoms with van der Waals surface area (Å²) in [7, 11) is -3.30. The molecule has 1 unspecified atom stereocenters. The van der Waals surface area contributed by atoms with Crippen molar-refractivity contribution < 1.29 is 8.42 Å². The molecule has 1 saturated carbocycles. The van der Waals surface area contributed by atoms with Crippen molar-refractivity contribution >= 4 is 10.0 Å². The van der Waals surface area contributed by atoms with Crippen LogP contribution in [0.2, 0.25) is 0 Å². The second-order valence-electron chi connectivity index (χ2n) is 3.67. The zero-order chi connectivity index (χ0) is 9.90. The molecule has 1 aliphatic rings. The van der Waals surface area contributed by atoms with Crippen molar-refractivity contribution in [2.24, 2.45) is 11.1 Å². The highest BCUT2D eigenvalue weighted by molar-refractivity contribution is 7.89. The zero-order valence-electron chi connectivity index (χ0n) is 7.99. The van der Waals surface area contributed by atoms with Gasteiger partial charge in [-0.3, -0.25) is 0 Å². The Morgan fingerprint density at radius 2 is 2.15 bits per heavy atom. The normalized spacial score (nSPS) is 20.2. The molecule has 0 aromatic heterocycles. The van der Waals surface area contributed by atoms with Gasteiger partial charge in [0.15, 0.2) is 0 Å². The lowest BCUT2D eigenvalue weighted by molar-refractivity contribution is 0.461. The SMILES string of the molecule is CCC(NCCS(N)(=O)=O)C1CC1. The first-order valence-electron chi connectivity index (χ1n) is 4.77. The van der Waals surface area contributed by atoms with Gasteiger partial charge in [0, 0.05) is 12.6 Å². The van der Waals surface area contributed by atoms with Crippen LogP contribution in [0.3, 0.4) is 0 Å². The molecular weight excluding hydrogens is 188 g/mol. The van der Waals surface area contributed by atoms with Crippen molar-refractivity contribution in [1.29, 1.82) is 0 Å². The van der Waals surface area contributed by atoms with E-state index in [2.05, 4.69) is 12.2 Å². The Morgan fingerprint density at radius 1 is 1.54 bits per heavy atom. The van der Waals surface area contributed by atoms with E-state index < -0.39 is 10.0 Å². The van der Waals surface area contributed by atoms with E-state index >= 15 is 0 Å². The van der Waals surface area contributed by atoms with E-state index in [1.54, 1.807) is 0 Å². The molecule has 0 saturated heterocycles. The number of hydrogen-bond donors (Lipinski definition) is 2. The fourth-order valence-electron chi connectivity index (χ4n) is 1.53. The lowest BCUT2D eigenvalue weighted by Crippen LogP contribution is -2.35. The largest absolute Gasteiger partial charge is 0.313 e. The lowest BCUT2D eigenvalue weighted by Gasteiger charge is -2.15. The molecule has 0 spiro atoms. The van der Waals surface area contributed by atoms with Crippen molar-refractivity contribution in [3.8, 4) is 0 Å². The number of sulfonamides is 1. The van der Waals surface area contributed by atoms with E-state index in [1.807, 2.05) is 0 Å². The standard InChI is InChI=1S/C8H18N2O2S/c1-2-8(7-3-4-7)10-5-6-13(9,11)12/h7-8,10H,2-6H2,1H3,(H2,9,11,12). The molecule has 4 nitrogen and oxygen atoms in total. The lowest BCUT2D eigenvalue weighted by atomic mass is 10.1. The van der Waals surface area contributed by atoms with E-state index in [0.717, 1.165) is 12.3 Å². The minimum absolute atomic E-state index is 0.0379. The second kappa shape index (κ2) is 4.39. The van der Waals surface area contributed by atoms with Crippen LogP contribution in [0.15, 0.2) is 0 Å². The number of nitrogens with two attached hydrogens (primary N) is 1. The van der Waals surface area contributed by atoms with Crippen LogP contribution in [0.25, 0.3) is 0 Å². The minimum atomic E-state index is -3.30. The van der Waals surface area contributed by atoms with Crippen LogP contribution in [-0.2, 0) is 10.0 Å². The summed E-state index contributed by atoms with van der Waals surface area (Å²) in [5, 5.41) is 8.12. The fourth-order valence-corrected chi connectivity index (χ4v) is 1.93. The molecule has 0 aromatic rings. The van der Waals surface area contributed by atoms with Crippen LogP contribution in [0.1, 0.15) is 26.2 Å². The Labute approximate surface area is 79.9 Å². The summed E-state index contributed by atoms with van der Waals surface area (Å²) in [6.07, 6.45) is 3.62. The monoisotopic (exact) mass is 206 g/mol. The van der Waals surface area contributed by atoms with Gasteiger partial charge in [0.05, 0.1) is 5.75 Å². The van der Waals surface area contributed by atoms with Crippen molar-refractivity contribution in [1.82, 2.24) is 5.32 Å². The van der Waals surface area contributed by atoms with Gasteiger partial charge >= 0.3 is 0 Å². The molecule has 0 aromatic carbocycles. The van der Waals surface area contributed by atoms with Crippen molar-refractivity contribution in [2.75, 3.05) is 12.3 Å². The van der Waals surface area contributed by atoms with Gasteiger partial charge in [-0.2, -0.15) is 0 Å². The van der Waals surface area contributed by atoms with Gasteiger partial charge in [-0.25, -0.2) is 13.6 Å². The summed E-state index contributed by atoms with van der Waals surface area (Å²) in [6, 6.07) is 0.488. The van der Waals surface area contributed by atoms with Gasteiger partial charge in [0.25, 0.3) is 0 Å². The van der Waals surface area contributed by atoms with Gasteiger partial charge in [-0.15, -0.1) is 0 Å². The number of hydrogen-bond acceptors (Lipinski definition) is 3. The zero-order valence-corrected chi connectivity index (χ0v) is 8.81. The molecule has 3 N–H and O–H groups in total. The minimum Gasteiger partial charge on any atom is -0.313 e. The molecule has 78 valence electrons. The van der Waals surface area contributed by atoms with Crippen LogP contribution in [0.4, 0.5) is 0 Å². The van der Waals surface area contributed by atoms with Crippen molar-refractivity contribution in [2.45, 2.75) is 32.2 Å². The van der Waals surface area contributed by atoms with E-state index in [-0.39, 0.29) is 5.75 Å². The number of nitrogens with one attached hydrogen (secondary N) is 1. The third kappa shape index (κ3) is 4.59. The molecule has 0 amide bonds. The Bertz CT molecular complexity index is 247. The van der Waals surface area contributed by atoms with Crippen molar-refractivity contribution in [3.05, 3.63) is 0 Å². The number of primary sulfonamides is 1.